The van der Waals surface area contributed by atoms with Crippen molar-refractivity contribution in [3.8, 4) is 0 Å². The zero-order valence-electron chi connectivity index (χ0n) is 9.10. The second-order valence-corrected chi connectivity index (χ2v) is 4.00. The van der Waals surface area contributed by atoms with Crippen molar-refractivity contribution >= 4 is 17.9 Å². The molecule has 0 atom stereocenters. The number of ether oxygens (including phenoxy) is 1. The van der Waals surface area contributed by atoms with Crippen LogP contribution in [0.3, 0.4) is 0 Å². The van der Waals surface area contributed by atoms with Gasteiger partial charge in [0.05, 0.1) is 11.9 Å². The Bertz CT molecular complexity index is 353. The first kappa shape index (κ1) is 11.4. The van der Waals surface area contributed by atoms with E-state index in [1.165, 1.54) is 0 Å². The average Bonchev–Trinajstić information content (AvgIpc) is 2.14. The van der Waals surface area contributed by atoms with Crippen molar-refractivity contribution in [3.63, 3.8) is 0 Å². The van der Waals surface area contributed by atoms with Crippen molar-refractivity contribution in [1.82, 2.24) is 4.98 Å². The van der Waals surface area contributed by atoms with Crippen molar-refractivity contribution in [3.05, 3.63) is 24.5 Å². The topological polar surface area (TPSA) is 51.5 Å². The Labute approximate surface area is 89.0 Å². The third-order valence-corrected chi connectivity index (χ3v) is 1.37. The third kappa shape index (κ3) is 4.90. The lowest BCUT2D eigenvalue weighted by atomic mass is 10.2. The molecule has 0 fully saturated rings. The molecule has 0 radical (unpaired) electrons. The van der Waals surface area contributed by atoms with E-state index in [0.717, 1.165) is 6.21 Å². The standard InChI is InChI=1S/C11H14N2O2/c1-11(2,3)15-10(14)8-13-9-5-4-6-12-7-9/h4-8H,1-3H3. The van der Waals surface area contributed by atoms with Gasteiger partial charge in [-0.05, 0) is 32.9 Å². The molecule has 0 unspecified atom stereocenters. The zero-order valence-corrected chi connectivity index (χ0v) is 9.10. The molecule has 0 amide bonds. The van der Waals surface area contributed by atoms with Gasteiger partial charge in [0.25, 0.3) is 0 Å². The molecule has 0 aliphatic heterocycles. The number of nitrogens with zero attached hydrogens (tertiary/aromatic N) is 2. The molecule has 1 rings (SSSR count). The Morgan fingerprint density at radius 3 is 2.80 bits per heavy atom. The maximum absolute atomic E-state index is 11.2. The van der Waals surface area contributed by atoms with E-state index >= 15 is 0 Å². The molecule has 1 aromatic heterocycles. The smallest absolute Gasteiger partial charge is 0.349 e. The Kier molecular flexibility index (Phi) is 3.55. The molecule has 80 valence electrons. The predicted molar refractivity (Wildman–Crippen MR) is 58.2 cm³/mol. The van der Waals surface area contributed by atoms with Crippen LogP contribution in [-0.2, 0) is 9.53 Å². The van der Waals surface area contributed by atoms with Crippen LogP contribution < -0.4 is 0 Å². The lowest BCUT2D eigenvalue weighted by Crippen LogP contribution is -2.24. The minimum Gasteiger partial charge on any atom is -0.456 e. The van der Waals surface area contributed by atoms with Gasteiger partial charge in [0.2, 0.25) is 0 Å². The summed E-state index contributed by atoms with van der Waals surface area (Å²) in [5.74, 6) is -0.452. The van der Waals surface area contributed by atoms with Crippen LogP contribution in [0.15, 0.2) is 29.5 Å². The summed E-state index contributed by atoms with van der Waals surface area (Å²) in [4.78, 5) is 19.0. The van der Waals surface area contributed by atoms with Crippen molar-refractivity contribution in [2.24, 2.45) is 4.99 Å². The lowest BCUT2D eigenvalue weighted by Gasteiger charge is -2.17. The van der Waals surface area contributed by atoms with E-state index in [9.17, 15) is 4.79 Å². The molecule has 0 N–H and O–H groups in total. The van der Waals surface area contributed by atoms with Gasteiger partial charge in [0.15, 0.2) is 0 Å². The molecule has 0 aromatic carbocycles. The van der Waals surface area contributed by atoms with E-state index in [2.05, 4.69) is 9.98 Å². The molecular weight excluding hydrogens is 192 g/mol. The Morgan fingerprint density at radius 2 is 2.27 bits per heavy atom. The number of carbonyl (C=O) groups excluding carboxylic acids is 1. The first-order valence-corrected chi connectivity index (χ1v) is 4.64. The maximum atomic E-state index is 11.2. The number of rotatable bonds is 2. The molecule has 1 aromatic rings. The normalized spacial score (nSPS) is 11.7. The van der Waals surface area contributed by atoms with E-state index in [1.54, 1.807) is 24.5 Å². The molecule has 0 bridgehead atoms. The number of pyridine rings is 1. The first-order valence-electron chi connectivity index (χ1n) is 4.64. The monoisotopic (exact) mass is 206 g/mol. The Hall–Kier alpha value is -1.71. The fourth-order valence-electron chi connectivity index (χ4n) is 0.885. The van der Waals surface area contributed by atoms with Gasteiger partial charge >= 0.3 is 5.97 Å². The van der Waals surface area contributed by atoms with E-state index in [0.29, 0.717) is 5.69 Å². The van der Waals surface area contributed by atoms with E-state index < -0.39 is 11.6 Å². The Morgan fingerprint density at radius 1 is 1.53 bits per heavy atom. The van der Waals surface area contributed by atoms with Crippen LogP contribution in [-0.4, -0.2) is 22.8 Å². The quantitative estimate of drug-likeness (QED) is 0.550. The van der Waals surface area contributed by atoms with Crippen molar-refractivity contribution < 1.29 is 9.53 Å². The van der Waals surface area contributed by atoms with Crippen molar-refractivity contribution in [1.29, 1.82) is 0 Å². The molecule has 0 aliphatic carbocycles. The molecule has 4 nitrogen and oxygen atoms in total. The van der Waals surface area contributed by atoms with Gasteiger partial charge in [-0.1, -0.05) is 0 Å². The summed E-state index contributed by atoms with van der Waals surface area (Å²) in [6, 6.07) is 3.51. The molecule has 4 heteroatoms. The molecule has 1 heterocycles. The molecule has 0 spiro atoms. The van der Waals surface area contributed by atoms with Gasteiger partial charge in [-0.15, -0.1) is 0 Å². The van der Waals surface area contributed by atoms with Gasteiger partial charge in [0, 0.05) is 6.20 Å². The predicted octanol–water partition coefficient (Wildman–Crippen LogP) is 2.13. The largest absolute Gasteiger partial charge is 0.456 e. The van der Waals surface area contributed by atoms with Crippen LogP contribution in [0.2, 0.25) is 0 Å². The fraction of sp³-hybridized carbons (Fsp3) is 0.364. The van der Waals surface area contributed by atoms with Crippen LogP contribution in [0.25, 0.3) is 0 Å². The molecule has 0 saturated carbocycles. The average molecular weight is 206 g/mol. The van der Waals surface area contributed by atoms with Gasteiger partial charge in [0.1, 0.15) is 11.8 Å². The van der Waals surface area contributed by atoms with Crippen molar-refractivity contribution in [2.75, 3.05) is 0 Å². The second-order valence-electron chi connectivity index (χ2n) is 4.00. The zero-order chi connectivity index (χ0) is 11.3. The van der Waals surface area contributed by atoms with Crippen LogP contribution in [0.4, 0.5) is 5.69 Å². The first-order chi connectivity index (χ1) is 6.97. The van der Waals surface area contributed by atoms with Gasteiger partial charge in [-0.3, -0.25) is 4.98 Å². The third-order valence-electron chi connectivity index (χ3n) is 1.37. The summed E-state index contributed by atoms with van der Waals surface area (Å²) in [6.07, 6.45) is 4.37. The fourth-order valence-corrected chi connectivity index (χ4v) is 0.885. The van der Waals surface area contributed by atoms with E-state index in [4.69, 9.17) is 4.74 Å². The summed E-state index contributed by atoms with van der Waals surface area (Å²) in [5.41, 5.74) is 0.140. The minimum absolute atomic E-state index is 0.452. The maximum Gasteiger partial charge on any atom is 0.349 e. The van der Waals surface area contributed by atoms with Crippen LogP contribution in [0.5, 0.6) is 0 Å². The van der Waals surface area contributed by atoms with Crippen LogP contribution >= 0.6 is 0 Å². The molecule has 0 saturated heterocycles. The summed E-state index contributed by atoms with van der Waals surface area (Å²) in [6.45, 7) is 5.43. The lowest BCUT2D eigenvalue weighted by molar-refractivity contribution is -0.145. The number of aromatic nitrogens is 1. The summed E-state index contributed by atoms with van der Waals surface area (Å²) >= 11 is 0. The highest BCUT2D eigenvalue weighted by molar-refractivity contribution is 6.23. The second kappa shape index (κ2) is 4.68. The van der Waals surface area contributed by atoms with Gasteiger partial charge < -0.3 is 4.74 Å². The number of aliphatic imine (C=N–C) groups is 1. The van der Waals surface area contributed by atoms with Crippen LogP contribution in [0.1, 0.15) is 20.8 Å². The van der Waals surface area contributed by atoms with Crippen molar-refractivity contribution in [2.45, 2.75) is 26.4 Å². The SMILES string of the molecule is CC(C)(C)OC(=O)C=Nc1cccnc1. The molecular formula is C11H14N2O2. The van der Waals surface area contributed by atoms with Gasteiger partial charge in [-0.2, -0.15) is 0 Å². The molecule has 15 heavy (non-hydrogen) atoms. The number of hydrogen-bond donors (Lipinski definition) is 0. The summed E-state index contributed by atoms with van der Waals surface area (Å²) in [5, 5.41) is 0. The molecule has 0 aliphatic rings. The number of esters is 1. The number of carbonyl (C=O) groups is 1. The summed E-state index contributed by atoms with van der Waals surface area (Å²) in [7, 11) is 0. The van der Waals surface area contributed by atoms with E-state index in [1.807, 2.05) is 20.8 Å². The highest BCUT2D eigenvalue weighted by Gasteiger charge is 2.14. The Balaban J connectivity index is 2.56. The highest BCUT2D eigenvalue weighted by atomic mass is 16.6. The number of hydrogen-bond acceptors (Lipinski definition) is 4. The van der Waals surface area contributed by atoms with Gasteiger partial charge in [-0.25, -0.2) is 9.79 Å². The van der Waals surface area contributed by atoms with E-state index in [-0.39, 0.29) is 0 Å². The minimum atomic E-state index is -0.488. The highest BCUT2D eigenvalue weighted by Crippen LogP contribution is 2.08. The van der Waals surface area contributed by atoms with Crippen LogP contribution in [0, 0.1) is 0 Å². The summed E-state index contributed by atoms with van der Waals surface area (Å²) < 4.78 is 5.05.